The highest BCUT2D eigenvalue weighted by Gasteiger charge is 2.26. The van der Waals surface area contributed by atoms with Gasteiger partial charge in [-0.05, 0) is 62.6 Å². The monoisotopic (exact) mass is 330 g/mol. The predicted molar refractivity (Wildman–Crippen MR) is 96.0 cm³/mol. The summed E-state index contributed by atoms with van der Waals surface area (Å²) in [6, 6.07) is 8.68. The molecule has 1 aromatic carbocycles. The Labute approximate surface area is 145 Å². The minimum Gasteiger partial charge on any atom is -0.393 e. The van der Waals surface area contributed by atoms with Crippen molar-refractivity contribution in [2.45, 2.75) is 51.0 Å². The van der Waals surface area contributed by atoms with Crippen molar-refractivity contribution in [3.05, 3.63) is 35.4 Å². The van der Waals surface area contributed by atoms with Gasteiger partial charge in [0.05, 0.1) is 6.10 Å². The molecule has 1 atom stereocenters. The molecule has 1 aromatic rings. The molecule has 132 valence electrons. The molecule has 0 spiro atoms. The van der Waals surface area contributed by atoms with E-state index in [0.29, 0.717) is 5.92 Å². The quantitative estimate of drug-likeness (QED) is 0.872. The SMILES string of the molecule is Cc1ccccc1[C@H]1CCN(CCNC(=O)C2CCC(O)CC2)C1. The van der Waals surface area contributed by atoms with Crippen LogP contribution in [-0.4, -0.2) is 48.2 Å². The number of aliphatic hydroxyl groups excluding tert-OH is 1. The number of rotatable bonds is 5. The fourth-order valence-corrected chi connectivity index (χ4v) is 4.15. The van der Waals surface area contributed by atoms with E-state index in [1.807, 2.05) is 0 Å². The largest absolute Gasteiger partial charge is 0.393 e. The molecule has 1 saturated carbocycles. The summed E-state index contributed by atoms with van der Waals surface area (Å²) in [6.45, 7) is 6.07. The van der Waals surface area contributed by atoms with Gasteiger partial charge < -0.3 is 15.3 Å². The summed E-state index contributed by atoms with van der Waals surface area (Å²) in [7, 11) is 0. The Bertz CT molecular complexity index is 552. The zero-order chi connectivity index (χ0) is 16.9. The number of nitrogens with zero attached hydrogens (tertiary/aromatic N) is 1. The molecule has 24 heavy (non-hydrogen) atoms. The standard InChI is InChI=1S/C20H30N2O2/c1-15-4-2-3-5-19(15)17-10-12-22(14-17)13-11-21-20(24)16-6-8-18(23)9-7-16/h2-5,16-18,23H,6-14H2,1H3,(H,21,24)/t16?,17-,18?/m0/s1. The molecular formula is C20H30N2O2. The number of carbonyl (C=O) groups is 1. The van der Waals surface area contributed by atoms with Crippen LogP contribution in [0.2, 0.25) is 0 Å². The smallest absolute Gasteiger partial charge is 0.223 e. The molecule has 2 aliphatic rings. The molecule has 0 unspecified atom stereocenters. The molecule has 1 aliphatic heterocycles. The van der Waals surface area contributed by atoms with E-state index < -0.39 is 0 Å². The lowest BCUT2D eigenvalue weighted by Crippen LogP contribution is -2.38. The lowest BCUT2D eigenvalue weighted by atomic mass is 9.87. The van der Waals surface area contributed by atoms with Crippen molar-refractivity contribution in [2.24, 2.45) is 5.92 Å². The highest BCUT2D eigenvalue weighted by atomic mass is 16.3. The molecule has 2 fully saturated rings. The molecule has 0 aromatic heterocycles. The molecule has 2 N–H and O–H groups in total. The van der Waals surface area contributed by atoms with E-state index in [-0.39, 0.29) is 17.9 Å². The number of carbonyl (C=O) groups excluding carboxylic acids is 1. The summed E-state index contributed by atoms with van der Waals surface area (Å²) in [4.78, 5) is 14.7. The van der Waals surface area contributed by atoms with Crippen LogP contribution in [0.4, 0.5) is 0 Å². The molecule has 1 saturated heterocycles. The zero-order valence-electron chi connectivity index (χ0n) is 14.7. The fourth-order valence-electron chi connectivity index (χ4n) is 4.15. The number of hydrogen-bond acceptors (Lipinski definition) is 3. The first-order valence-electron chi connectivity index (χ1n) is 9.37. The Kier molecular flexibility index (Phi) is 5.90. The van der Waals surface area contributed by atoms with E-state index in [4.69, 9.17) is 0 Å². The number of nitrogens with one attached hydrogen (secondary N) is 1. The minimum atomic E-state index is -0.197. The van der Waals surface area contributed by atoms with Gasteiger partial charge in [0.1, 0.15) is 0 Å². The maximum Gasteiger partial charge on any atom is 0.223 e. The maximum atomic E-state index is 12.2. The average Bonchev–Trinajstić information content (AvgIpc) is 3.04. The van der Waals surface area contributed by atoms with E-state index in [0.717, 1.165) is 51.9 Å². The van der Waals surface area contributed by atoms with Gasteiger partial charge in [0.15, 0.2) is 0 Å². The Balaban J connectivity index is 1.39. The topological polar surface area (TPSA) is 52.6 Å². The number of aryl methyl sites for hydroxylation is 1. The van der Waals surface area contributed by atoms with E-state index in [2.05, 4.69) is 41.4 Å². The number of likely N-dealkylation sites (tertiary alicyclic amines) is 1. The van der Waals surface area contributed by atoms with Gasteiger partial charge in [-0.25, -0.2) is 0 Å². The zero-order valence-corrected chi connectivity index (χ0v) is 14.7. The van der Waals surface area contributed by atoms with E-state index in [1.165, 1.54) is 17.5 Å². The van der Waals surface area contributed by atoms with Crippen LogP contribution in [-0.2, 0) is 4.79 Å². The van der Waals surface area contributed by atoms with Gasteiger partial charge in [0, 0.05) is 25.6 Å². The molecule has 1 heterocycles. The average molecular weight is 330 g/mol. The van der Waals surface area contributed by atoms with Crippen LogP contribution in [0.25, 0.3) is 0 Å². The lowest BCUT2D eigenvalue weighted by Gasteiger charge is -2.25. The van der Waals surface area contributed by atoms with Crippen molar-refractivity contribution < 1.29 is 9.90 Å². The summed E-state index contributed by atoms with van der Waals surface area (Å²) in [6.07, 6.45) is 4.19. The number of aliphatic hydroxyl groups is 1. The molecular weight excluding hydrogens is 300 g/mol. The van der Waals surface area contributed by atoms with E-state index in [9.17, 15) is 9.90 Å². The lowest BCUT2D eigenvalue weighted by molar-refractivity contribution is -0.126. The maximum absolute atomic E-state index is 12.2. The third-order valence-electron chi connectivity index (χ3n) is 5.70. The van der Waals surface area contributed by atoms with Crippen molar-refractivity contribution >= 4 is 5.91 Å². The molecule has 3 rings (SSSR count). The first kappa shape index (κ1) is 17.4. The number of hydrogen-bond donors (Lipinski definition) is 2. The molecule has 0 radical (unpaired) electrons. The third kappa shape index (κ3) is 4.37. The molecule has 4 nitrogen and oxygen atoms in total. The van der Waals surface area contributed by atoms with Crippen LogP contribution in [0.1, 0.15) is 49.1 Å². The van der Waals surface area contributed by atoms with Crippen LogP contribution in [0.5, 0.6) is 0 Å². The van der Waals surface area contributed by atoms with Gasteiger partial charge in [-0.2, -0.15) is 0 Å². The Morgan fingerprint density at radius 3 is 2.71 bits per heavy atom. The fraction of sp³-hybridized carbons (Fsp3) is 0.650. The summed E-state index contributed by atoms with van der Waals surface area (Å²) in [5.74, 6) is 0.907. The molecule has 0 bridgehead atoms. The number of amides is 1. The van der Waals surface area contributed by atoms with Crippen LogP contribution >= 0.6 is 0 Å². The van der Waals surface area contributed by atoms with Gasteiger partial charge in [-0.1, -0.05) is 24.3 Å². The predicted octanol–water partition coefficient (Wildman–Crippen LogP) is 2.45. The van der Waals surface area contributed by atoms with Crippen molar-refractivity contribution in [1.82, 2.24) is 10.2 Å². The third-order valence-corrected chi connectivity index (χ3v) is 5.70. The van der Waals surface area contributed by atoms with Gasteiger partial charge in [0.2, 0.25) is 5.91 Å². The first-order valence-corrected chi connectivity index (χ1v) is 9.37. The molecule has 4 heteroatoms. The minimum absolute atomic E-state index is 0.103. The second-order valence-corrected chi connectivity index (χ2v) is 7.44. The second kappa shape index (κ2) is 8.13. The normalized spacial score (nSPS) is 28.0. The van der Waals surface area contributed by atoms with Crippen molar-refractivity contribution in [2.75, 3.05) is 26.2 Å². The van der Waals surface area contributed by atoms with Gasteiger partial charge >= 0.3 is 0 Å². The van der Waals surface area contributed by atoms with E-state index in [1.54, 1.807) is 0 Å². The first-order chi connectivity index (χ1) is 11.6. The summed E-state index contributed by atoms with van der Waals surface area (Å²) < 4.78 is 0. The van der Waals surface area contributed by atoms with Crippen molar-refractivity contribution in [3.8, 4) is 0 Å². The van der Waals surface area contributed by atoms with Gasteiger partial charge in [-0.15, -0.1) is 0 Å². The van der Waals surface area contributed by atoms with Crippen LogP contribution in [0, 0.1) is 12.8 Å². The van der Waals surface area contributed by atoms with Crippen LogP contribution < -0.4 is 5.32 Å². The Morgan fingerprint density at radius 1 is 1.21 bits per heavy atom. The van der Waals surface area contributed by atoms with Crippen molar-refractivity contribution in [1.29, 1.82) is 0 Å². The molecule has 1 aliphatic carbocycles. The second-order valence-electron chi connectivity index (χ2n) is 7.44. The molecule has 1 amide bonds. The van der Waals surface area contributed by atoms with Crippen molar-refractivity contribution in [3.63, 3.8) is 0 Å². The summed E-state index contributed by atoms with van der Waals surface area (Å²) in [5.41, 5.74) is 2.86. The van der Waals surface area contributed by atoms with Gasteiger partial charge in [0.25, 0.3) is 0 Å². The Hall–Kier alpha value is -1.39. The van der Waals surface area contributed by atoms with Crippen LogP contribution in [0.15, 0.2) is 24.3 Å². The highest BCUT2D eigenvalue weighted by molar-refractivity contribution is 5.78. The highest BCUT2D eigenvalue weighted by Crippen LogP contribution is 2.29. The number of benzene rings is 1. The summed E-state index contributed by atoms with van der Waals surface area (Å²) >= 11 is 0. The van der Waals surface area contributed by atoms with Crippen LogP contribution in [0.3, 0.4) is 0 Å². The van der Waals surface area contributed by atoms with Gasteiger partial charge in [-0.3, -0.25) is 4.79 Å². The summed E-state index contributed by atoms with van der Waals surface area (Å²) in [5, 5.41) is 12.6. The Morgan fingerprint density at radius 2 is 1.96 bits per heavy atom. The van der Waals surface area contributed by atoms with E-state index >= 15 is 0 Å².